The maximum absolute atomic E-state index is 10.7. The molecule has 0 rings (SSSR count). The minimum absolute atomic E-state index is 0.208. The van der Waals surface area contributed by atoms with Crippen molar-refractivity contribution in [1.29, 1.82) is 0 Å². The van der Waals surface area contributed by atoms with Crippen molar-refractivity contribution in [3.05, 3.63) is 0 Å². The number of carbonyl (C=O) groups excluding carboxylic acids is 1. The minimum Gasteiger partial charge on any atom is -0.289 e. The van der Waals surface area contributed by atoms with Crippen LogP contribution in [-0.4, -0.2) is 31.5 Å². The molecule has 5 nitrogen and oxygen atoms in total. The second kappa shape index (κ2) is 6.78. The molecule has 0 saturated heterocycles. The highest BCUT2D eigenvalue weighted by atomic mass is 32.2. The molecule has 0 fully saturated rings. The Kier molecular flexibility index (Phi) is 6.48. The fourth-order valence-corrected chi connectivity index (χ4v) is 1.79. The Bertz CT molecular complexity index is 261. The molecule has 0 bridgehead atoms. The van der Waals surface area contributed by atoms with Gasteiger partial charge in [0.05, 0.1) is 0 Å². The Labute approximate surface area is 84.4 Å². The number of nitrogens with one attached hydrogen (secondary N) is 1. The second-order valence-corrected chi connectivity index (χ2v) is 5.59. The summed E-state index contributed by atoms with van der Waals surface area (Å²) in [6, 6.07) is 0. The summed E-state index contributed by atoms with van der Waals surface area (Å²) in [7, 11) is -2.85. The molecular formula is C8H17NO4S. The van der Waals surface area contributed by atoms with Gasteiger partial charge in [0.1, 0.15) is 9.84 Å². The summed E-state index contributed by atoms with van der Waals surface area (Å²) in [6.45, 7) is 0. The number of unbranched alkanes of at least 4 members (excludes halogenated alkanes) is 3. The van der Waals surface area contributed by atoms with Gasteiger partial charge in [0.25, 0.3) is 0 Å². The fourth-order valence-electron chi connectivity index (χ4n) is 1.06. The smallest absolute Gasteiger partial charge is 0.243 e. The monoisotopic (exact) mass is 223 g/mol. The zero-order valence-electron chi connectivity index (χ0n) is 8.32. The van der Waals surface area contributed by atoms with E-state index in [1.165, 1.54) is 6.26 Å². The SMILES string of the molecule is CS(=O)(=O)CCCCCCC(=O)NO. The summed E-state index contributed by atoms with van der Waals surface area (Å²) >= 11 is 0. The average molecular weight is 223 g/mol. The molecule has 0 aromatic carbocycles. The molecule has 0 spiro atoms. The average Bonchev–Trinajstić information content (AvgIpc) is 2.08. The molecule has 14 heavy (non-hydrogen) atoms. The van der Waals surface area contributed by atoms with E-state index in [0.29, 0.717) is 12.8 Å². The predicted octanol–water partition coefficient (Wildman–Crippen LogP) is 0.487. The molecule has 0 aliphatic carbocycles. The van der Waals surface area contributed by atoms with E-state index in [0.717, 1.165) is 12.8 Å². The van der Waals surface area contributed by atoms with Gasteiger partial charge in [0, 0.05) is 18.4 Å². The maximum atomic E-state index is 10.7. The number of rotatable bonds is 7. The number of carbonyl (C=O) groups is 1. The first-order chi connectivity index (χ1) is 6.45. The van der Waals surface area contributed by atoms with E-state index in [9.17, 15) is 13.2 Å². The van der Waals surface area contributed by atoms with Crippen LogP contribution in [0.1, 0.15) is 32.1 Å². The number of amides is 1. The summed E-state index contributed by atoms with van der Waals surface area (Å²) in [5, 5.41) is 8.17. The first-order valence-electron chi connectivity index (χ1n) is 4.56. The molecule has 0 saturated carbocycles. The van der Waals surface area contributed by atoms with Crippen molar-refractivity contribution in [2.24, 2.45) is 0 Å². The van der Waals surface area contributed by atoms with E-state index in [-0.39, 0.29) is 12.2 Å². The van der Waals surface area contributed by atoms with Gasteiger partial charge >= 0.3 is 0 Å². The van der Waals surface area contributed by atoms with E-state index in [1.807, 2.05) is 0 Å². The van der Waals surface area contributed by atoms with E-state index in [4.69, 9.17) is 5.21 Å². The van der Waals surface area contributed by atoms with Crippen LogP contribution in [0.4, 0.5) is 0 Å². The Morgan fingerprint density at radius 3 is 2.29 bits per heavy atom. The third kappa shape index (κ3) is 9.47. The standard InChI is InChI=1S/C8H17NO4S/c1-14(12,13)7-5-3-2-4-6-8(10)9-11/h11H,2-7H2,1H3,(H,9,10). The zero-order chi connectivity index (χ0) is 11.0. The van der Waals surface area contributed by atoms with Crippen LogP contribution in [0.15, 0.2) is 0 Å². The third-order valence-corrected chi connectivity index (χ3v) is 2.82. The summed E-state index contributed by atoms with van der Waals surface area (Å²) in [6.07, 6.45) is 4.42. The van der Waals surface area contributed by atoms with E-state index < -0.39 is 15.7 Å². The molecule has 0 aliphatic rings. The summed E-state index contributed by atoms with van der Waals surface area (Å²) in [4.78, 5) is 10.5. The molecule has 2 N–H and O–H groups in total. The quantitative estimate of drug-likeness (QED) is 0.374. The number of hydrogen-bond donors (Lipinski definition) is 2. The normalized spacial score (nSPS) is 11.3. The van der Waals surface area contributed by atoms with Gasteiger partial charge in [-0.1, -0.05) is 12.8 Å². The first-order valence-corrected chi connectivity index (χ1v) is 6.62. The second-order valence-electron chi connectivity index (χ2n) is 3.33. The Hall–Kier alpha value is -0.620. The number of sulfone groups is 1. The van der Waals surface area contributed by atoms with Crippen molar-refractivity contribution in [3.63, 3.8) is 0 Å². The van der Waals surface area contributed by atoms with E-state index in [1.54, 1.807) is 5.48 Å². The third-order valence-electron chi connectivity index (χ3n) is 1.79. The summed E-state index contributed by atoms with van der Waals surface area (Å²) < 4.78 is 21.4. The van der Waals surface area contributed by atoms with Crippen LogP contribution in [-0.2, 0) is 14.6 Å². The molecule has 0 radical (unpaired) electrons. The van der Waals surface area contributed by atoms with Gasteiger partial charge in [-0.2, -0.15) is 0 Å². The van der Waals surface area contributed by atoms with Crippen molar-refractivity contribution in [1.82, 2.24) is 5.48 Å². The van der Waals surface area contributed by atoms with Crippen LogP contribution in [0.2, 0.25) is 0 Å². The number of hydrogen-bond acceptors (Lipinski definition) is 4. The summed E-state index contributed by atoms with van der Waals surface area (Å²) in [5.74, 6) is -0.188. The fraction of sp³-hybridized carbons (Fsp3) is 0.875. The molecule has 1 amide bonds. The zero-order valence-corrected chi connectivity index (χ0v) is 9.14. The van der Waals surface area contributed by atoms with Gasteiger partial charge in [-0.15, -0.1) is 0 Å². The Morgan fingerprint density at radius 1 is 1.21 bits per heavy atom. The Balaban J connectivity index is 3.27. The van der Waals surface area contributed by atoms with Crippen LogP contribution in [0.5, 0.6) is 0 Å². The van der Waals surface area contributed by atoms with Crippen molar-refractivity contribution in [2.75, 3.05) is 12.0 Å². The summed E-state index contributed by atoms with van der Waals surface area (Å²) in [5.41, 5.74) is 1.55. The lowest BCUT2D eigenvalue weighted by Gasteiger charge is -1.99. The minimum atomic E-state index is -2.85. The molecular weight excluding hydrogens is 206 g/mol. The van der Waals surface area contributed by atoms with Crippen molar-refractivity contribution in [3.8, 4) is 0 Å². The molecule has 0 aliphatic heterocycles. The van der Waals surface area contributed by atoms with Gasteiger partial charge in [-0.3, -0.25) is 10.0 Å². The van der Waals surface area contributed by atoms with E-state index in [2.05, 4.69) is 0 Å². The predicted molar refractivity (Wildman–Crippen MR) is 52.7 cm³/mol. The number of hydroxylamine groups is 1. The first kappa shape index (κ1) is 13.4. The highest BCUT2D eigenvalue weighted by Gasteiger charge is 2.02. The maximum Gasteiger partial charge on any atom is 0.243 e. The molecule has 84 valence electrons. The van der Waals surface area contributed by atoms with Crippen LogP contribution in [0.25, 0.3) is 0 Å². The van der Waals surface area contributed by atoms with E-state index >= 15 is 0 Å². The van der Waals surface area contributed by atoms with Crippen LogP contribution >= 0.6 is 0 Å². The van der Waals surface area contributed by atoms with Gasteiger partial charge < -0.3 is 0 Å². The lowest BCUT2D eigenvalue weighted by molar-refractivity contribution is -0.129. The van der Waals surface area contributed by atoms with Crippen LogP contribution < -0.4 is 5.48 Å². The van der Waals surface area contributed by atoms with Crippen molar-refractivity contribution in [2.45, 2.75) is 32.1 Å². The van der Waals surface area contributed by atoms with Crippen molar-refractivity contribution >= 4 is 15.7 Å². The van der Waals surface area contributed by atoms with Crippen LogP contribution in [0.3, 0.4) is 0 Å². The van der Waals surface area contributed by atoms with Crippen molar-refractivity contribution < 1.29 is 18.4 Å². The highest BCUT2D eigenvalue weighted by Crippen LogP contribution is 2.04. The molecule has 0 aromatic heterocycles. The molecule has 0 atom stereocenters. The molecule has 0 aromatic rings. The van der Waals surface area contributed by atoms with Gasteiger partial charge in [-0.25, -0.2) is 13.9 Å². The molecule has 0 unspecified atom stereocenters. The highest BCUT2D eigenvalue weighted by molar-refractivity contribution is 7.90. The van der Waals surface area contributed by atoms with Gasteiger partial charge in [-0.05, 0) is 12.8 Å². The topological polar surface area (TPSA) is 83.5 Å². The molecule has 6 heteroatoms. The van der Waals surface area contributed by atoms with Crippen LogP contribution in [0, 0.1) is 0 Å². The Morgan fingerprint density at radius 2 is 1.79 bits per heavy atom. The lowest BCUT2D eigenvalue weighted by atomic mass is 10.1. The van der Waals surface area contributed by atoms with Gasteiger partial charge in [0.2, 0.25) is 5.91 Å². The van der Waals surface area contributed by atoms with Gasteiger partial charge in [0.15, 0.2) is 0 Å². The lowest BCUT2D eigenvalue weighted by Crippen LogP contribution is -2.17. The molecule has 0 heterocycles. The largest absolute Gasteiger partial charge is 0.289 e.